The number of rotatable bonds is 10. The molecule has 0 saturated carbocycles. The second kappa shape index (κ2) is 14.6. The number of carbonyl (C=O) groups excluding carboxylic acids is 2. The number of hydrogen-bond acceptors (Lipinski definition) is 9. The number of aromatic nitrogens is 2. The van der Waals surface area contributed by atoms with Gasteiger partial charge in [-0.05, 0) is 56.0 Å². The molecule has 2 aromatic carbocycles. The second-order valence-electron chi connectivity index (χ2n) is 9.97. The van der Waals surface area contributed by atoms with Gasteiger partial charge in [0.05, 0.1) is 22.7 Å². The van der Waals surface area contributed by atoms with Crippen LogP contribution >= 0.6 is 0 Å². The maximum atomic E-state index is 15.0. The first-order chi connectivity index (χ1) is 20.0. The number of benzene rings is 2. The largest absolute Gasteiger partial charge is 0.396 e. The van der Waals surface area contributed by atoms with Gasteiger partial charge in [0.1, 0.15) is 11.1 Å². The van der Waals surface area contributed by atoms with Gasteiger partial charge >= 0.3 is 0 Å². The first-order valence-corrected chi connectivity index (χ1v) is 16.8. The summed E-state index contributed by atoms with van der Waals surface area (Å²) < 4.78 is 60.2. The molecular formula is C28H35FN4O8S2. The highest BCUT2D eigenvalue weighted by atomic mass is 32.2. The number of carbonyl (C=O) groups is 2. The van der Waals surface area contributed by atoms with Crippen LogP contribution in [0.5, 0.6) is 0 Å². The van der Waals surface area contributed by atoms with Crippen LogP contribution in [-0.4, -0.2) is 77.9 Å². The smallest absolute Gasteiger partial charge is 0.264 e. The van der Waals surface area contributed by atoms with Crippen molar-refractivity contribution in [2.75, 3.05) is 19.1 Å². The monoisotopic (exact) mass is 638 g/mol. The SMILES string of the molecule is CCC(C(N)=O)S(C)(=O)=O.C[C@@](CCn1ncc2c(F)c(C#Cc3ccc(CCO)cc3)ccc21)(C(=O)NO)S(C)(=O)=O. The van der Waals surface area contributed by atoms with Crippen molar-refractivity contribution < 1.29 is 41.1 Å². The van der Waals surface area contributed by atoms with E-state index in [0.717, 1.165) is 18.1 Å². The number of halogens is 1. The Bertz CT molecular complexity index is 1740. The van der Waals surface area contributed by atoms with Crippen LogP contribution < -0.4 is 11.2 Å². The minimum Gasteiger partial charge on any atom is -0.396 e. The number of hydrogen-bond donors (Lipinski definition) is 4. The molecule has 43 heavy (non-hydrogen) atoms. The summed E-state index contributed by atoms with van der Waals surface area (Å²) in [6, 6.07) is 10.4. The lowest BCUT2D eigenvalue weighted by molar-refractivity contribution is -0.131. The van der Waals surface area contributed by atoms with E-state index in [4.69, 9.17) is 16.0 Å². The van der Waals surface area contributed by atoms with Crippen LogP contribution in [0.4, 0.5) is 4.39 Å². The molecule has 0 aliphatic carbocycles. The number of nitrogens with two attached hydrogens (primary N) is 1. The Morgan fingerprint density at radius 3 is 2.21 bits per heavy atom. The zero-order valence-corrected chi connectivity index (χ0v) is 25.8. The van der Waals surface area contributed by atoms with Crippen LogP contribution in [0.3, 0.4) is 0 Å². The Morgan fingerprint density at radius 2 is 1.74 bits per heavy atom. The number of fused-ring (bicyclic) bond motifs is 1. The maximum Gasteiger partial charge on any atom is 0.264 e. The number of aliphatic hydroxyl groups is 1. The zero-order chi connectivity index (χ0) is 32.6. The number of aliphatic hydroxyl groups excluding tert-OH is 1. The average Bonchev–Trinajstić information content (AvgIpc) is 3.34. The molecule has 2 amide bonds. The van der Waals surface area contributed by atoms with Crippen LogP contribution in [0, 0.1) is 17.7 Å². The van der Waals surface area contributed by atoms with Crippen LogP contribution in [-0.2, 0) is 42.2 Å². The van der Waals surface area contributed by atoms with Gasteiger partial charge < -0.3 is 10.8 Å². The summed E-state index contributed by atoms with van der Waals surface area (Å²) in [5.74, 6) is 3.34. The van der Waals surface area contributed by atoms with E-state index in [2.05, 4.69) is 16.9 Å². The molecule has 234 valence electrons. The molecule has 0 bridgehead atoms. The zero-order valence-electron chi connectivity index (χ0n) is 24.2. The third-order valence-corrected chi connectivity index (χ3v) is 10.5. The summed E-state index contributed by atoms with van der Waals surface area (Å²) >= 11 is 0. The molecule has 1 heterocycles. The summed E-state index contributed by atoms with van der Waals surface area (Å²) in [6.07, 6.45) is 3.86. The Kier molecular flexibility index (Phi) is 12.0. The minimum atomic E-state index is -3.85. The van der Waals surface area contributed by atoms with Crippen molar-refractivity contribution in [2.45, 2.75) is 49.7 Å². The summed E-state index contributed by atoms with van der Waals surface area (Å²) in [5, 5.41) is 21.2. The van der Waals surface area contributed by atoms with Crippen molar-refractivity contribution in [1.82, 2.24) is 15.3 Å². The van der Waals surface area contributed by atoms with Crippen LogP contribution in [0.15, 0.2) is 42.6 Å². The number of hydroxylamine groups is 1. The van der Waals surface area contributed by atoms with Crippen molar-refractivity contribution in [3.8, 4) is 11.8 Å². The highest BCUT2D eigenvalue weighted by Crippen LogP contribution is 2.25. The first-order valence-electron chi connectivity index (χ1n) is 13.0. The summed E-state index contributed by atoms with van der Waals surface area (Å²) in [7, 11) is -7.14. The fraction of sp³-hybridized carbons (Fsp3) is 0.393. The average molecular weight is 639 g/mol. The fourth-order valence-electron chi connectivity index (χ4n) is 4.04. The van der Waals surface area contributed by atoms with E-state index in [1.165, 1.54) is 29.3 Å². The predicted molar refractivity (Wildman–Crippen MR) is 159 cm³/mol. The Labute approximate surface area is 249 Å². The number of primary amides is 1. The van der Waals surface area contributed by atoms with E-state index < -0.39 is 47.3 Å². The molecule has 0 aliphatic heterocycles. The Morgan fingerprint density at radius 1 is 1.12 bits per heavy atom. The molecule has 3 aromatic rings. The number of nitrogens with zero attached hydrogens (tertiary/aromatic N) is 2. The van der Waals surface area contributed by atoms with Gasteiger partial charge in [0.25, 0.3) is 5.91 Å². The maximum absolute atomic E-state index is 15.0. The predicted octanol–water partition coefficient (Wildman–Crippen LogP) is 1.10. The van der Waals surface area contributed by atoms with Gasteiger partial charge in [-0.2, -0.15) is 5.10 Å². The normalized spacial score (nSPS) is 13.6. The molecule has 1 unspecified atom stereocenters. The van der Waals surface area contributed by atoms with E-state index in [0.29, 0.717) is 17.5 Å². The van der Waals surface area contributed by atoms with Crippen molar-refractivity contribution in [3.63, 3.8) is 0 Å². The molecule has 5 N–H and O–H groups in total. The van der Waals surface area contributed by atoms with Gasteiger partial charge in [0.15, 0.2) is 24.4 Å². The lowest BCUT2D eigenvalue weighted by Crippen LogP contribution is -2.49. The van der Waals surface area contributed by atoms with Gasteiger partial charge in [-0.25, -0.2) is 26.7 Å². The fourth-order valence-corrected chi connectivity index (χ4v) is 5.91. The molecule has 3 rings (SSSR count). The van der Waals surface area contributed by atoms with Crippen LogP contribution in [0.1, 0.15) is 43.4 Å². The van der Waals surface area contributed by atoms with Crippen LogP contribution in [0.25, 0.3) is 10.9 Å². The van der Waals surface area contributed by atoms with Crippen LogP contribution in [0.2, 0.25) is 0 Å². The summed E-state index contributed by atoms with van der Waals surface area (Å²) in [4.78, 5) is 22.4. The molecule has 12 nitrogen and oxygen atoms in total. The van der Waals surface area contributed by atoms with Crippen molar-refractivity contribution >= 4 is 42.4 Å². The quantitative estimate of drug-likeness (QED) is 0.143. The minimum absolute atomic E-state index is 0.00510. The first kappa shape index (κ1) is 35.4. The van der Waals surface area contributed by atoms with Gasteiger partial charge in [-0.1, -0.05) is 30.9 Å². The van der Waals surface area contributed by atoms with Crippen molar-refractivity contribution in [2.24, 2.45) is 5.73 Å². The second-order valence-corrected chi connectivity index (χ2v) is 14.6. The number of aryl methyl sites for hydroxylation is 1. The summed E-state index contributed by atoms with van der Waals surface area (Å²) in [5.41, 5.74) is 8.50. The molecular weight excluding hydrogens is 603 g/mol. The van der Waals surface area contributed by atoms with Gasteiger partial charge in [0, 0.05) is 31.2 Å². The third-order valence-electron chi connectivity index (χ3n) is 6.86. The molecule has 0 spiro atoms. The molecule has 15 heteroatoms. The lowest BCUT2D eigenvalue weighted by atomic mass is 10.1. The Hall–Kier alpha value is -3.84. The molecule has 2 atom stereocenters. The highest BCUT2D eigenvalue weighted by molar-refractivity contribution is 7.93. The van der Waals surface area contributed by atoms with E-state index in [9.17, 15) is 26.4 Å². The van der Waals surface area contributed by atoms with Gasteiger partial charge in [-0.3, -0.25) is 19.5 Å². The van der Waals surface area contributed by atoms with Gasteiger partial charge in [-0.15, -0.1) is 0 Å². The highest BCUT2D eigenvalue weighted by Gasteiger charge is 2.43. The van der Waals surface area contributed by atoms with Crippen molar-refractivity contribution in [3.05, 3.63) is 65.1 Å². The number of sulfone groups is 2. The third kappa shape index (κ3) is 8.83. The topological polar surface area (TPSA) is 199 Å². The molecule has 1 aromatic heterocycles. The lowest BCUT2D eigenvalue weighted by Gasteiger charge is -2.25. The van der Waals surface area contributed by atoms with E-state index in [1.54, 1.807) is 25.1 Å². The van der Waals surface area contributed by atoms with E-state index in [1.807, 2.05) is 12.1 Å². The van der Waals surface area contributed by atoms with Crippen molar-refractivity contribution in [1.29, 1.82) is 0 Å². The molecule has 0 radical (unpaired) electrons. The molecule has 0 aliphatic rings. The molecule has 0 fully saturated rings. The standard InChI is InChI=1S/C23H24FN3O5S.C5H11NO3S/c1-23(22(29)26-30,33(2,31)32)12-13-27-20-10-9-18(21(24)19(20)15-25-27)8-7-16-3-5-17(6-4-16)11-14-28;1-3-4(5(6)7)10(2,8)9/h3-6,9-10,15,28,30H,11-14H2,1-2H3,(H,26,29);4H,3H2,1-2H3,(H2,6,7)/t23-;/m1./s1. The number of nitrogens with one attached hydrogen (secondary N) is 1. The summed E-state index contributed by atoms with van der Waals surface area (Å²) in [6.45, 7) is 2.89. The molecule has 0 saturated heterocycles. The van der Waals surface area contributed by atoms with E-state index in [-0.39, 0.29) is 36.9 Å². The Balaban J connectivity index is 0.000000553. The van der Waals surface area contributed by atoms with E-state index >= 15 is 4.39 Å². The van der Waals surface area contributed by atoms with Gasteiger partial charge in [0.2, 0.25) is 5.91 Å². The number of amides is 2.